The van der Waals surface area contributed by atoms with Gasteiger partial charge < -0.3 is 14.8 Å². The Morgan fingerprint density at radius 1 is 0.944 bits per heavy atom. The fraction of sp³-hybridized carbons (Fsp3) is 0.185. The van der Waals surface area contributed by atoms with Crippen LogP contribution in [0.3, 0.4) is 0 Å². The molecule has 3 rings (SSSR count). The van der Waals surface area contributed by atoms with Gasteiger partial charge in [-0.15, -0.1) is 0 Å². The van der Waals surface area contributed by atoms with Crippen molar-refractivity contribution in [1.29, 1.82) is 0 Å². The van der Waals surface area contributed by atoms with E-state index < -0.39 is 11.9 Å². The molecule has 9 heteroatoms. The van der Waals surface area contributed by atoms with Crippen LogP contribution < -0.4 is 20.2 Å². The molecule has 8 nitrogen and oxygen atoms in total. The highest BCUT2D eigenvalue weighted by Crippen LogP contribution is 2.19. The molecule has 0 heterocycles. The molecule has 2 N–H and O–H groups in total. The Morgan fingerprint density at radius 3 is 2.33 bits per heavy atom. The average Bonchev–Trinajstić information content (AvgIpc) is 2.89. The van der Waals surface area contributed by atoms with Crippen molar-refractivity contribution in [3.63, 3.8) is 0 Å². The van der Waals surface area contributed by atoms with Crippen molar-refractivity contribution in [2.75, 3.05) is 13.2 Å². The van der Waals surface area contributed by atoms with Gasteiger partial charge in [-0.3, -0.25) is 9.59 Å². The Bertz CT molecular complexity index is 1210. The molecule has 0 fully saturated rings. The van der Waals surface area contributed by atoms with Gasteiger partial charge in [-0.1, -0.05) is 37.1 Å². The lowest BCUT2D eigenvalue weighted by atomic mass is 10.2. The van der Waals surface area contributed by atoms with Crippen molar-refractivity contribution in [3.05, 3.63) is 94.5 Å². The van der Waals surface area contributed by atoms with Gasteiger partial charge >= 0.3 is 5.97 Å². The van der Waals surface area contributed by atoms with Crippen molar-refractivity contribution in [1.82, 2.24) is 10.7 Å². The van der Waals surface area contributed by atoms with E-state index in [1.54, 1.807) is 72.8 Å². The maximum Gasteiger partial charge on any atom is 0.345 e. The molecular weight excluding hydrogens is 482 g/mol. The lowest BCUT2D eigenvalue weighted by molar-refractivity contribution is -0.120. The highest BCUT2D eigenvalue weighted by molar-refractivity contribution is 6.33. The van der Waals surface area contributed by atoms with Crippen LogP contribution in [-0.2, 0) is 4.79 Å². The third-order valence-electron chi connectivity index (χ3n) is 4.88. The maximum absolute atomic E-state index is 12.2. The first-order chi connectivity index (χ1) is 17.5. The summed E-state index contributed by atoms with van der Waals surface area (Å²) < 4.78 is 10.9. The number of nitrogens with zero attached hydrogens (tertiary/aromatic N) is 1. The van der Waals surface area contributed by atoms with Gasteiger partial charge in [0.15, 0.2) is 0 Å². The van der Waals surface area contributed by atoms with E-state index in [4.69, 9.17) is 21.1 Å². The Morgan fingerprint density at radius 2 is 1.64 bits per heavy atom. The number of rotatable bonds is 11. The smallest absolute Gasteiger partial charge is 0.345 e. The number of unbranched alkanes of at least 4 members (excludes halogenated alkanes) is 1. The van der Waals surface area contributed by atoms with E-state index >= 15 is 0 Å². The van der Waals surface area contributed by atoms with E-state index in [0.29, 0.717) is 34.3 Å². The molecule has 0 atom stereocenters. The van der Waals surface area contributed by atoms with Gasteiger partial charge in [0.05, 0.1) is 30.0 Å². The zero-order chi connectivity index (χ0) is 25.8. The number of ether oxygens (including phenoxy) is 2. The first-order valence-corrected chi connectivity index (χ1v) is 11.7. The Kier molecular flexibility index (Phi) is 10.0. The summed E-state index contributed by atoms with van der Waals surface area (Å²) in [5, 5.41) is 6.72. The van der Waals surface area contributed by atoms with Crippen LogP contribution in [0.5, 0.6) is 11.5 Å². The SMILES string of the molecule is CCCCOc1ccc(C(=O)NCC(=O)N/N=C\c2ccc(OC(=O)c3ccccc3Cl)cc2)cc1. The molecular formula is C27H26ClN3O5. The molecule has 0 saturated heterocycles. The monoisotopic (exact) mass is 507 g/mol. The molecule has 3 aromatic carbocycles. The quantitative estimate of drug-likeness (QED) is 0.129. The molecule has 0 aliphatic carbocycles. The number of carbonyl (C=O) groups is 3. The maximum atomic E-state index is 12.2. The molecule has 186 valence electrons. The highest BCUT2D eigenvalue weighted by Gasteiger charge is 2.12. The predicted molar refractivity (Wildman–Crippen MR) is 138 cm³/mol. The fourth-order valence-electron chi connectivity index (χ4n) is 2.93. The van der Waals surface area contributed by atoms with E-state index in [1.807, 2.05) is 0 Å². The van der Waals surface area contributed by atoms with Crippen molar-refractivity contribution in [2.45, 2.75) is 19.8 Å². The third kappa shape index (κ3) is 8.25. The average molecular weight is 508 g/mol. The lowest BCUT2D eigenvalue weighted by Crippen LogP contribution is -2.34. The van der Waals surface area contributed by atoms with Crippen LogP contribution in [0, 0.1) is 0 Å². The number of hydrazone groups is 1. The summed E-state index contributed by atoms with van der Waals surface area (Å²) in [5.41, 5.74) is 3.70. The summed E-state index contributed by atoms with van der Waals surface area (Å²) in [7, 11) is 0. The van der Waals surface area contributed by atoms with E-state index in [9.17, 15) is 14.4 Å². The molecule has 0 bridgehead atoms. The summed E-state index contributed by atoms with van der Waals surface area (Å²) in [5.74, 6) is -0.392. The highest BCUT2D eigenvalue weighted by atomic mass is 35.5. The molecule has 0 aromatic heterocycles. The van der Waals surface area contributed by atoms with Crippen molar-refractivity contribution in [2.24, 2.45) is 5.10 Å². The van der Waals surface area contributed by atoms with Gasteiger partial charge in [0.25, 0.3) is 11.8 Å². The van der Waals surface area contributed by atoms with Crippen molar-refractivity contribution in [3.8, 4) is 11.5 Å². The van der Waals surface area contributed by atoms with Crippen LogP contribution in [0.15, 0.2) is 77.9 Å². The third-order valence-corrected chi connectivity index (χ3v) is 5.21. The predicted octanol–water partition coefficient (Wildman–Crippen LogP) is 4.62. The number of amides is 2. The number of benzene rings is 3. The first kappa shape index (κ1) is 26.4. The molecule has 0 unspecified atom stereocenters. The number of carbonyl (C=O) groups excluding carboxylic acids is 3. The summed E-state index contributed by atoms with van der Waals surface area (Å²) in [6.45, 7) is 2.48. The molecule has 0 aliphatic rings. The Hall–Kier alpha value is -4.17. The van der Waals surface area contributed by atoms with Crippen LogP contribution in [0.1, 0.15) is 46.0 Å². The lowest BCUT2D eigenvalue weighted by Gasteiger charge is -2.07. The normalized spacial score (nSPS) is 10.6. The topological polar surface area (TPSA) is 106 Å². The molecule has 2 amide bonds. The summed E-state index contributed by atoms with van der Waals surface area (Å²) >= 11 is 6.01. The summed E-state index contributed by atoms with van der Waals surface area (Å²) in [6, 6.07) is 19.9. The minimum atomic E-state index is -0.562. The minimum Gasteiger partial charge on any atom is -0.494 e. The summed E-state index contributed by atoms with van der Waals surface area (Å²) in [4.78, 5) is 36.4. The van der Waals surface area contributed by atoms with E-state index in [0.717, 1.165) is 12.8 Å². The molecule has 0 saturated carbocycles. The van der Waals surface area contributed by atoms with Gasteiger partial charge in [-0.05, 0) is 72.6 Å². The van der Waals surface area contributed by atoms with Crippen LogP contribution in [-0.4, -0.2) is 37.1 Å². The number of hydrogen-bond acceptors (Lipinski definition) is 6. The first-order valence-electron chi connectivity index (χ1n) is 11.4. The second kappa shape index (κ2) is 13.7. The van der Waals surface area contributed by atoms with Gasteiger partial charge in [0.1, 0.15) is 11.5 Å². The molecule has 0 spiro atoms. The van der Waals surface area contributed by atoms with E-state index in [-0.39, 0.29) is 18.0 Å². The fourth-order valence-corrected chi connectivity index (χ4v) is 3.14. The van der Waals surface area contributed by atoms with Gasteiger partial charge in [-0.2, -0.15) is 5.10 Å². The molecule has 3 aromatic rings. The Labute approximate surface area is 214 Å². The zero-order valence-electron chi connectivity index (χ0n) is 19.7. The number of esters is 1. The summed E-state index contributed by atoms with van der Waals surface area (Å²) in [6.07, 6.45) is 3.43. The van der Waals surface area contributed by atoms with Crippen LogP contribution in [0.4, 0.5) is 0 Å². The standard InChI is InChI=1S/C27H26ClN3O5/c1-2-3-16-35-21-14-10-20(11-15-21)26(33)29-18-25(32)31-30-17-19-8-12-22(13-9-19)36-27(34)23-6-4-5-7-24(23)28/h4-15,17H,2-3,16,18H2,1H3,(H,29,33)(H,31,32)/b30-17-. The van der Waals surface area contributed by atoms with Crippen LogP contribution >= 0.6 is 11.6 Å². The van der Waals surface area contributed by atoms with Crippen molar-refractivity contribution < 1.29 is 23.9 Å². The van der Waals surface area contributed by atoms with E-state index in [1.165, 1.54) is 6.21 Å². The minimum absolute atomic E-state index is 0.234. The second-order valence-electron chi connectivity index (χ2n) is 7.64. The van der Waals surface area contributed by atoms with Crippen LogP contribution in [0.25, 0.3) is 0 Å². The second-order valence-corrected chi connectivity index (χ2v) is 8.05. The zero-order valence-corrected chi connectivity index (χ0v) is 20.5. The van der Waals surface area contributed by atoms with Crippen LogP contribution in [0.2, 0.25) is 5.02 Å². The molecule has 0 aliphatic heterocycles. The largest absolute Gasteiger partial charge is 0.494 e. The Balaban J connectivity index is 1.41. The number of nitrogens with one attached hydrogen (secondary N) is 2. The van der Waals surface area contributed by atoms with Gasteiger partial charge in [0, 0.05) is 5.56 Å². The number of hydrogen-bond donors (Lipinski definition) is 2. The molecule has 36 heavy (non-hydrogen) atoms. The van der Waals surface area contributed by atoms with Gasteiger partial charge in [-0.25, -0.2) is 10.2 Å². The van der Waals surface area contributed by atoms with E-state index in [2.05, 4.69) is 22.8 Å². The van der Waals surface area contributed by atoms with Gasteiger partial charge in [0.2, 0.25) is 0 Å². The molecule has 0 radical (unpaired) electrons. The van der Waals surface area contributed by atoms with Crippen molar-refractivity contribution >= 4 is 35.6 Å². The number of halogens is 1.